The minimum absolute atomic E-state index is 0.102. The van der Waals surface area contributed by atoms with E-state index in [4.69, 9.17) is 28.7 Å². The average Bonchev–Trinajstić information content (AvgIpc) is 1.80. The van der Waals surface area contributed by atoms with Crippen LogP contribution in [-0.4, -0.2) is 132 Å². The zero-order valence-electron chi connectivity index (χ0n) is 50.3. The average molecular weight is 1200 g/mol. The second kappa shape index (κ2) is 28.2. The lowest BCUT2D eigenvalue weighted by molar-refractivity contribution is -0.137. The first-order valence-corrected chi connectivity index (χ1v) is 30.2. The van der Waals surface area contributed by atoms with E-state index in [1.54, 1.807) is 70.5 Å². The summed E-state index contributed by atoms with van der Waals surface area (Å²) < 4.78 is 30.2. The maximum absolute atomic E-state index is 14.5. The van der Waals surface area contributed by atoms with Crippen molar-refractivity contribution in [2.45, 2.75) is 135 Å². The number of aliphatic imine (C=N–C) groups is 1. The van der Waals surface area contributed by atoms with Gasteiger partial charge < -0.3 is 49.6 Å². The molecule has 1 unspecified atom stereocenters. The van der Waals surface area contributed by atoms with Gasteiger partial charge in [-0.25, -0.2) is 9.69 Å². The fourth-order valence-corrected chi connectivity index (χ4v) is 11.8. The van der Waals surface area contributed by atoms with Crippen LogP contribution in [0.15, 0.2) is 114 Å². The van der Waals surface area contributed by atoms with Gasteiger partial charge in [0.1, 0.15) is 18.7 Å². The molecule has 462 valence electrons. The summed E-state index contributed by atoms with van der Waals surface area (Å²) in [7, 11) is 3.11. The van der Waals surface area contributed by atoms with E-state index in [0.29, 0.717) is 129 Å². The van der Waals surface area contributed by atoms with Crippen LogP contribution in [0.5, 0.6) is 23.0 Å². The topological polar surface area (TPSA) is 247 Å². The SMILES string of the molecule is COc1cc2c(cc1OCCCCCOc1cc3c(cc1OC)CN1Cc4ccccc4C[C@H]1C(O)N3C(=O)OCc1ccc(NC(=O)[C@H](C)NC(=O)[C@@H](NC(=O)CCCCCN3C(=O)C=CC3=O)C(C)C)cc1)N=C[C@@H]1Cc3ccccc3CN1C2=O. The number of fused-ring (bicyclic) bond motifs is 6. The van der Waals surface area contributed by atoms with Crippen molar-refractivity contribution < 1.29 is 62.4 Å². The molecule has 21 nitrogen and oxygen atoms in total. The largest absolute Gasteiger partial charge is 0.493 e. The number of benzene rings is 5. The third kappa shape index (κ3) is 14.3. The van der Waals surface area contributed by atoms with Gasteiger partial charge in [0, 0.05) is 68.8 Å². The number of nitrogens with one attached hydrogen (secondary N) is 3. The molecule has 10 rings (SSSR count). The van der Waals surface area contributed by atoms with Crippen molar-refractivity contribution in [1.29, 1.82) is 0 Å². The summed E-state index contributed by atoms with van der Waals surface area (Å²) in [5.74, 6) is -0.611. The van der Waals surface area contributed by atoms with Crippen molar-refractivity contribution in [3.05, 3.63) is 148 Å². The number of aliphatic hydroxyl groups is 1. The van der Waals surface area contributed by atoms with Crippen molar-refractivity contribution >= 4 is 64.8 Å². The summed E-state index contributed by atoms with van der Waals surface area (Å²) in [6.45, 7) is 7.37. The molecule has 0 aromatic heterocycles. The lowest BCUT2D eigenvalue weighted by Crippen LogP contribution is -2.54. The number of hydrogen-bond donors (Lipinski definition) is 4. The van der Waals surface area contributed by atoms with Gasteiger partial charge in [-0.1, -0.05) is 80.9 Å². The highest BCUT2D eigenvalue weighted by atomic mass is 16.6. The zero-order valence-corrected chi connectivity index (χ0v) is 50.3. The van der Waals surface area contributed by atoms with Crippen LogP contribution in [0.4, 0.5) is 21.9 Å². The van der Waals surface area contributed by atoms with E-state index >= 15 is 0 Å². The molecule has 5 aromatic rings. The van der Waals surface area contributed by atoms with Gasteiger partial charge in [-0.15, -0.1) is 0 Å². The van der Waals surface area contributed by atoms with Gasteiger partial charge in [-0.05, 0) is 115 Å². The van der Waals surface area contributed by atoms with Crippen LogP contribution in [0.2, 0.25) is 0 Å². The molecular weight excluding hydrogens is 1120 g/mol. The van der Waals surface area contributed by atoms with Crippen molar-refractivity contribution in [2.75, 3.05) is 44.2 Å². The number of hydrogen-bond acceptors (Lipinski definition) is 15. The zero-order chi connectivity index (χ0) is 62.0. The smallest absolute Gasteiger partial charge is 0.416 e. The molecule has 5 atom stereocenters. The molecule has 5 aliphatic heterocycles. The third-order valence-corrected chi connectivity index (χ3v) is 16.7. The van der Waals surface area contributed by atoms with E-state index < -0.39 is 42.3 Å². The highest BCUT2D eigenvalue weighted by Crippen LogP contribution is 2.43. The van der Waals surface area contributed by atoms with Crippen LogP contribution in [0.25, 0.3) is 0 Å². The van der Waals surface area contributed by atoms with E-state index in [2.05, 4.69) is 39.0 Å². The molecule has 21 heteroatoms. The molecule has 4 N–H and O–H groups in total. The maximum atomic E-state index is 14.5. The number of carbonyl (C=O) groups is 7. The van der Waals surface area contributed by atoms with Crippen molar-refractivity contribution in [3.63, 3.8) is 0 Å². The Morgan fingerprint density at radius 3 is 1.98 bits per heavy atom. The Hall–Kier alpha value is -9.08. The summed E-state index contributed by atoms with van der Waals surface area (Å²) >= 11 is 0. The second-order valence-electron chi connectivity index (χ2n) is 23.1. The number of rotatable bonds is 24. The summed E-state index contributed by atoms with van der Waals surface area (Å²) in [6, 6.07) is 27.5. The summed E-state index contributed by atoms with van der Waals surface area (Å²) in [6.07, 6.45) is 7.29. The fourth-order valence-electron chi connectivity index (χ4n) is 11.8. The number of carbonyl (C=O) groups excluding carboxylic acids is 7. The normalized spacial score (nSPS) is 18.1. The van der Waals surface area contributed by atoms with Crippen LogP contribution >= 0.6 is 0 Å². The second-order valence-corrected chi connectivity index (χ2v) is 23.1. The Labute approximate surface area is 512 Å². The Balaban J connectivity index is 0.728. The lowest BCUT2D eigenvalue weighted by Gasteiger charge is -2.39. The van der Waals surface area contributed by atoms with Crippen molar-refractivity contribution in [2.24, 2.45) is 10.9 Å². The molecule has 5 aliphatic rings. The van der Waals surface area contributed by atoms with E-state index in [0.717, 1.165) is 33.6 Å². The minimum atomic E-state index is -1.32. The summed E-state index contributed by atoms with van der Waals surface area (Å²) in [5.41, 5.74) is 7.74. The molecule has 0 bridgehead atoms. The number of anilines is 2. The fraction of sp³-hybridized carbons (Fsp3) is 0.403. The van der Waals surface area contributed by atoms with Gasteiger partial charge >= 0.3 is 6.09 Å². The number of imide groups is 1. The predicted molar refractivity (Wildman–Crippen MR) is 328 cm³/mol. The molecular formula is C67H76N8O13. The van der Waals surface area contributed by atoms with E-state index in [1.807, 2.05) is 47.5 Å². The van der Waals surface area contributed by atoms with E-state index in [-0.39, 0.29) is 55.2 Å². The van der Waals surface area contributed by atoms with Gasteiger partial charge in [-0.2, -0.15) is 0 Å². The number of aliphatic hydroxyl groups excluding tert-OH is 1. The Kier molecular flexibility index (Phi) is 19.8. The van der Waals surface area contributed by atoms with Crippen molar-refractivity contribution in [1.82, 2.24) is 25.3 Å². The lowest BCUT2D eigenvalue weighted by atomic mass is 9.93. The molecule has 88 heavy (non-hydrogen) atoms. The monoisotopic (exact) mass is 1200 g/mol. The first-order valence-electron chi connectivity index (χ1n) is 30.2. The number of ether oxygens (including phenoxy) is 5. The first-order chi connectivity index (χ1) is 42.6. The molecule has 0 saturated carbocycles. The Morgan fingerprint density at radius 2 is 1.30 bits per heavy atom. The Bertz CT molecular complexity index is 3480. The molecule has 5 aromatic carbocycles. The van der Waals surface area contributed by atoms with Crippen molar-refractivity contribution in [3.8, 4) is 23.0 Å². The summed E-state index contributed by atoms with van der Waals surface area (Å²) in [4.78, 5) is 103. The van der Waals surface area contributed by atoms with Crippen LogP contribution in [0.1, 0.15) is 109 Å². The molecule has 0 saturated heterocycles. The highest BCUT2D eigenvalue weighted by Gasteiger charge is 2.43. The summed E-state index contributed by atoms with van der Waals surface area (Å²) in [5, 5.41) is 20.6. The van der Waals surface area contributed by atoms with Crippen LogP contribution < -0.4 is 39.8 Å². The van der Waals surface area contributed by atoms with E-state index in [1.165, 1.54) is 29.5 Å². The highest BCUT2D eigenvalue weighted by molar-refractivity contribution is 6.13. The number of methoxy groups -OCH3 is 2. The van der Waals surface area contributed by atoms with Gasteiger partial charge in [-0.3, -0.25) is 43.6 Å². The maximum Gasteiger partial charge on any atom is 0.416 e. The van der Waals surface area contributed by atoms with Gasteiger partial charge in [0.15, 0.2) is 29.2 Å². The van der Waals surface area contributed by atoms with Crippen LogP contribution in [0, 0.1) is 5.92 Å². The minimum Gasteiger partial charge on any atom is -0.493 e. The van der Waals surface area contributed by atoms with Crippen LogP contribution in [-0.2, 0) is 67.8 Å². The number of nitrogens with zero attached hydrogens (tertiary/aromatic N) is 5. The molecule has 7 amide bonds. The van der Waals surface area contributed by atoms with Gasteiger partial charge in [0.2, 0.25) is 17.7 Å². The quantitative estimate of drug-likeness (QED) is 0.0337. The van der Waals surface area contributed by atoms with Gasteiger partial charge in [0.05, 0.1) is 56.5 Å². The number of unbranched alkanes of at least 4 members (excludes halogenated alkanes) is 4. The predicted octanol–water partition coefficient (Wildman–Crippen LogP) is 8.09. The molecule has 0 radical (unpaired) electrons. The third-order valence-electron chi connectivity index (χ3n) is 16.7. The Morgan fingerprint density at radius 1 is 0.670 bits per heavy atom. The van der Waals surface area contributed by atoms with Gasteiger partial charge in [0.25, 0.3) is 17.7 Å². The molecule has 0 aliphatic carbocycles. The standard InChI is InChI=1S/C67H76N8O13/c1-41(2)62(71-59(76)20-8-6-13-27-73-60(77)25-26-61(73)78)64(80)69-42(3)63(79)70-49-23-21-43(22-24-49)40-88-67(83)75-53-35-58(55(84-4)32-48(53)38-72-37-46-18-11-10-17-45(46)31-54(72)66(75)82)87-29-15-7-14-28-86-57-34-52-51(33-56(57)85-5)65(81)74-39-47-19-12-9-16-44(47)30-50(74)36-68-52/h9-12,16-19,21-26,32-36,41-42,50,54,62,66,82H,6-8,13-15,20,27-31,37-40H2,1-5H3,(H,69,80)(H,70,79)(H,71,76)/t42-,50-,54-,62-,66?/m0/s1. The molecule has 5 heterocycles. The first kappa shape index (κ1) is 62.0. The molecule has 0 fully saturated rings. The van der Waals surface area contributed by atoms with E-state index in [9.17, 15) is 38.7 Å². The number of amides is 7. The molecule has 0 spiro atoms. The van der Waals surface area contributed by atoms with Crippen LogP contribution in [0.3, 0.4) is 0 Å².